The molecule has 0 heterocycles. The lowest BCUT2D eigenvalue weighted by Gasteiger charge is -2.07. The van der Waals surface area contributed by atoms with E-state index in [1.807, 2.05) is 18.2 Å². The normalized spacial score (nSPS) is 14.1. The van der Waals surface area contributed by atoms with Gasteiger partial charge in [-0.2, -0.15) is 0 Å². The zero-order valence-corrected chi connectivity index (χ0v) is 10.7. The molecule has 2 amide bonds. The molecule has 2 rings (SSSR count). The molecule has 0 bridgehead atoms. The van der Waals surface area contributed by atoms with Crippen molar-refractivity contribution in [2.45, 2.75) is 31.8 Å². The molecule has 1 aromatic carbocycles. The average Bonchev–Trinajstić information content (AvgIpc) is 3.11. The van der Waals surface area contributed by atoms with Crippen LogP contribution in [-0.2, 0) is 16.1 Å². The summed E-state index contributed by atoms with van der Waals surface area (Å²) in [4.78, 5) is 22.9. The number of nitrogens with one attached hydrogen (secondary N) is 2. The van der Waals surface area contributed by atoms with Gasteiger partial charge in [0.2, 0.25) is 11.8 Å². The lowest BCUT2D eigenvalue weighted by molar-refractivity contribution is -0.129. The third-order valence-corrected chi connectivity index (χ3v) is 3.07. The molecule has 0 radical (unpaired) electrons. The van der Waals surface area contributed by atoms with Gasteiger partial charge in [-0.3, -0.25) is 9.59 Å². The van der Waals surface area contributed by atoms with E-state index < -0.39 is 0 Å². The maximum Gasteiger partial charge on any atom is 0.229 e. The first-order chi connectivity index (χ1) is 8.65. The molecule has 4 nitrogen and oxygen atoms in total. The van der Waals surface area contributed by atoms with E-state index in [-0.39, 0.29) is 24.3 Å². The fourth-order valence-corrected chi connectivity index (χ4v) is 1.75. The molecule has 2 N–H and O–H groups in total. The third-order valence-electron chi connectivity index (χ3n) is 2.70. The molecule has 96 valence electrons. The Morgan fingerprint density at radius 2 is 1.94 bits per heavy atom. The largest absolute Gasteiger partial charge is 0.353 e. The zero-order valence-electron chi connectivity index (χ0n) is 9.91. The second-order valence-corrected chi connectivity index (χ2v) is 4.79. The average molecular weight is 267 g/mol. The Hall–Kier alpha value is -1.55. The van der Waals surface area contributed by atoms with Crippen molar-refractivity contribution in [1.29, 1.82) is 0 Å². The van der Waals surface area contributed by atoms with Gasteiger partial charge in [0.1, 0.15) is 6.42 Å². The summed E-state index contributed by atoms with van der Waals surface area (Å²) in [6.45, 7) is 0.342. The number of carbonyl (C=O) groups excluding carboxylic acids is 2. The lowest BCUT2D eigenvalue weighted by Crippen LogP contribution is -2.32. The van der Waals surface area contributed by atoms with Crippen molar-refractivity contribution in [3.63, 3.8) is 0 Å². The van der Waals surface area contributed by atoms with Crippen LogP contribution in [0.2, 0.25) is 5.02 Å². The molecule has 0 saturated heterocycles. The van der Waals surface area contributed by atoms with Crippen LogP contribution in [0.4, 0.5) is 0 Å². The molecule has 1 aromatic rings. The highest BCUT2D eigenvalue weighted by molar-refractivity contribution is 6.31. The minimum Gasteiger partial charge on any atom is -0.353 e. The molecule has 18 heavy (non-hydrogen) atoms. The summed E-state index contributed by atoms with van der Waals surface area (Å²) in [5.74, 6) is -0.498. The van der Waals surface area contributed by atoms with Crippen molar-refractivity contribution in [2.75, 3.05) is 0 Å². The van der Waals surface area contributed by atoms with E-state index >= 15 is 0 Å². The Morgan fingerprint density at radius 3 is 2.61 bits per heavy atom. The number of hydrogen-bond donors (Lipinski definition) is 2. The van der Waals surface area contributed by atoms with E-state index in [1.54, 1.807) is 6.07 Å². The molecule has 1 aliphatic carbocycles. The topological polar surface area (TPSA) is 58.2 Å². The fourth-order valence-electron chi connectivity index (χ4n) is 1.55. The summed E-state index contributed by atoms with van der Waals surface area (Å²) in [5.41, 5.74) is 0.843. The number of benzene rings is 1. The van der Waals surface area contributed by atoms with E-state index in [9.17, 15) is 9.59 Å². The molecule has 1 fully saturated rings. The van der Waals surface area contributed by atoms with E-state index in [0.29, 0.717) is 11.6 Å². The van der Waals surface area contributed by atoms with Crippen LogP contribution in [-0.4, -0.2) is 17.9 Å². The maximum atomic E-state index is 11.5. The number of hydrogen-bond acceptors (Lipinski definition) is 2. The Labute approximate surface area is 111 Å². The molecule has 1 saturated carbocycles. The molecular weight excluding hydrogens is 252 g/mol. The van der Waals surface area contributed by atoms with Gasteiger partial charge in [0.25, 0.3) is 0 Å². The van der Waals surface area contributed by atoms with Crippen LogP contribution in [0, 0.1) is 0 Å². The fraction of sp³-hybridized carbons (Fsp3) is 0.385. The van der Waals surface area contributed by atoms with Gasteiger partial charge in [-0.05, 0) is 24.5 Å². The minimum absolute atomic E-state index is 0.124. The number of amides is 2. The first-order valence-corrected chi connectivity index (χ1v) is 6.32. The van der Waals surface area contributed by atoms with Crippen molar-refractivity contribution in [2.24, 2.45) is 0 Å². The molecule has 0 spiro atoms. The van der Waals surface area contributed by atoms with Crippen molar-refractivity contribution < 1.29 is 9.59 Å². The molecule has 0 atom stereocenters. The smallest absolute Gasteiger partial charge is 0.229 e. The molecule has 5 heteroatoms. The molecule has 0 unspecified atom stereocenters. The zero-order chi connectivity index (χ0) is 13.0. The second-order valence-electron chi connectivity index (χ2n) is 4.39. The van der Waals surface area contributed by atoms with Gasteiger partial charge in [0.05, 0.1) is 0 Å². The highest BCUT2D eigenvalue weighted by Gasteiger charge is 2.23. The summed E-state index contributed by atoms with van der Waals surface area (Å²) in [5, 5.41) is 6.06. The van der Waals surface area contributed by atoms with Crippen molar-refractivity contribution in [3.05, 3.63) is 34.9 Å². The molecular formula is C13H15ClN2O2. The minimum atomic E-state index is -0.284. The Kier molecular flexibility index (Phi) is 4.20. The summed E-state index contributed by atoms with van der Waals surface area (Å²) >= 11 is 5.96. The quantitative estimate of drug-likeness (QED) is 0.796. The van der Waals surface area contributed by atoms with Crippen LogP contribution in [0.3, 0.4) is 0 Å². The van der Waals surface area contributed by atoms with Gasteiger partial charge in [0.15, 0.2) is 0 Å². The summed E-state index contributed by atoms with van der Waals surface area (Å²) in [6.07, 6.45) is 1.92. The second kappa shape index (κ2) is 5.87. The first-order valence-electron chi connectivity index (χ1n) is 5.94. The van der Waals surface area contributed by atoms with E-state index in [1.165, 1.54) is 0 Å². The molecule has 0 aromatic heterocycles. The number of carbonyl (C=O) groups is 2. The van der Waals surface area contributed by atoms with Gasteiger partial charge in [-0.25, -0.2) is 0 Å². The SMILES string of the molecule is O=C(CC(=O)NC1CC1)NCc1ccccc1Cl. The van der Waals surface area contributed by atoms with Crippen LogP contribution in [0.25, 0.3) is 0 Å². The summed E-state index contributed by atoms with van der Waals surface area (Å²) in [6, 6.07) is 7.58. The Bertz CT molecular complexity index is 458. The highest BCUT2D eigenvalue weighted by atomic mass is 35.5. The number of rotatable bonds is 5. The van der Waals surface area contributed by atoms with Gasteiger partial charge >= 0.3 is 0 Å². The van der Waals surface area contributed by atoms with Gasteiger partial charge in [0, 0.05) is 17.6 Å². The maximum absolute atomic E-state index is 11.5. The Balaban J connectivity index is 1.74. The van der Waals surface area contributed by atoms with Gasteiger partial charge < -0.3 is 10.6 Å². The highest BCUT2D eigenvalue weighted by Crippen LogP contribution is 2.18. The third kappa shape index (κ3) is 4.04. The first kappa shape index (κ1) is 12.9. The van der Waals surface area contributed by atoms with Crippen molar-refractivity contribution in [1.82, 2.24) is 10.6 Å². The molecule has 1 aliphatic rings. The van der Waals surface area contributed by atoms with E-state index in [2.05, 4.69) is 10.6 Å². The predicted octanol–water partition coefficient (Wildman–Crippen LogP) is 1.62. The summed E-state index contributed by atoms with van der Waals surface area (Å²) < 4.78 is 0. The van der Waals surface area contributed by atoms with Crippen LogP contribution in [0.1, 0.15) is 24.8 Å². The standard InChI is InChI=1S/C13H15ClN2O2/c14-11-4-2-1-3-9(11)8-15-12(17)7-13(18)16-10-5-6-10/h1-4,10H,5-8H2,(H,15,17)(H,16,18). The summed E-state index contributed by atoms with van der Waals surface area (Å²) in [7, 11) is 0. The van der Waals surface area contributed by atoms with Gasteiger partial charge in [-0.1, -0.05) is 29.8 Å². The monoisotopic (exact) mass is 266 g/mol. The van der Waals surface area contributed by atoms with Crippen molar-refractivity contribution in [3.8, 4) is 0 Å². The van der Waals surface area contributed by atoms with E-state index in [0.717, 1.165) is 18.4 Å². The van der Waals surface area contributed by atoms with Crippen LogP contribution < -0.4 is 10.6 Å². The van der Waals surface area contributed by atoms with Crippen LogP contribution >= 0.6 is 11.6 Å². The predicted molar refractivity (Wildman–Crippen MR) is 69.1 cm³/mol. The number of halogens is 1. The van der Waals surface area contributed by atoms with Crippen LogP contribution in [0.15, 0.2) is 24.3 Å². The molecule has 0 aliphatic heterocycles. The van der Waals surface area contributed by atoms with Gasteiger partial charge in [-0.15, -0.1) is 0 Å². The lowest BCUT2D eigenvalue weighted by atomic mass is 10.2. The Morgan fingerprint density at radius 1 is 1.22 bits per heavy atom. The van der Waals surface area contributed by atoms with Crippen molar-refractivity contribution >= 4 is 23.4 Å². The van der Waals surface area contributed by atoms with E-state index in [4.69, 9.17) is 11.6 Å². The van der Waals surface area contributed by atoms with Crippen LogP contribution in [0.5, 0.6) is 0 Å².